The first-order valence-electron chi connectivity index (χ1n) is 12.6. The van der Waals surface area contributed by atoms with E-state index in [0.717, 1.165) is 39.9 Å². The van der Waals surface area contributed by atoms with Crippen molar-refractivity contribution in [3.8, 4) is 39.6 Å². The fraction of sp³-hybridized carbons (Fsp3) is 0.226. The maximum Gasteiger partial charge on any atom is 0.241 e. The number of hydrogen-bond donors (Lipinski definition) is 2. The number of anilines is 1. The number of hydrogen-bond acceptors (Lipinski definition) is 7. The van der Waals surface area contributed by atoms with Crippen LogP contribution in [0, 0.1) is 6.92 Å². The predicted molar refractivity (Wildman–Crippen MR) is 157 cm³/mol. The van der Waals surface area contributed by atoms with E-state index in [0.29, 0.717) is 29.4 Å². The summed E-state index contributed by atoms with van der Waals surface area (Å²) in [6, 6.07) is 17.2. The first-order valence-corrected chi connectivity index (χ1v) is 13.4. The second kappa shape index (κ2) is 11.3. The lowest BCUT2D eigenvalue weighted by Crippen LogP contribution is -2.36. The minimum absolute atomic E-state index is 0.263. The van der Waals surface area contributed by atoms with Gasteiger partial charge in [0.15, 0.2) is 11.5 Å². The third-order valence-electron chi connectivity index (χ3n) is 6.93. The van der Waals surface area contributed by atoms with Crippen LogP contribution >= 0.6 is 11.5 Å². The molecular weight excluding hydrogens is 510 g/mol. The van der Waals surface area contributed by atoms with Crippen molar-refractivity contribution in [3.05, 3.63) is 82.2 Å². The molecule has 200 valence electrons. The summed E-state index contributed by atoms with van der Waals surface area (Å²) in [5.41, 5.74) is 15.0. The Labute approximate surface area is 232 Å². The Morgan fingerprint density at radius 1 is 1.03 bits per heavy atom. The van der Waals surface area contributed by atoms with Gasteiger partial charge in [0.2, 0.25) is 5.91 Å². The number of methoxy groups -OCH3 is 3. The van der Waals surface area contributed by atoms with E-state index in [2.05, 4.69) is 27.9 Å². The molecule has 0 saturated heterocycles. The highest BCUT2D eigenvalue weighted by Crippen LogP contribution is 2.41. The summed E-state index contributed by atoms with van der Waals surface area (Å²) in [7, 11) is 4.82. The Bertz CT molecular complexity index is 1560. The van der Waals surface area contributed by atoms with Crippen molar-refractivity contribution in [3.63, 3.8) is 0 Å². The van der Waals surface area contributed by atoms with E-state index in [-0.39, 0.29) is 5.91 Å². The minimum Gasteiger partial charge on any atom is -0.495 e. The first kappa shape index (κ1) is 26.5. The summed E-state index contributed by atoms with van der Waals surface area (Å²) in [5.74, 6) is 1.63. The normalized spacial score (nSPS) is 12.9. The van der Waals surface area contributed by atoms with Gasteiger partial charge in [-0.05, 0) is 77.8 Å². The van der Waals surface area contributed by atoms with Gasteiger partial charge in [-0.3, -0.25) is 4.79 Å². The lowest BCUT2D eigenvalue weighted by molar-refractivity contribution is -0.117. The summed E-state index contributed by atoms with van der Waals surface area (Å²) in [5, 5.41) is 4.98. The number of rotatable bonds is 9. The van der Waals surface area contributed by atoms with Crippen LogP contribution in [-0.4, -0.2) is 37.7 Å². The third kappa shape index (κ3) is 5.39. The molecule has 3 aromatic carbocycles. The number of carbonyl (C=O) groups is 1. The number of amides is 1. The number of benzene rings is 3. The number of fused-ring (bicyclic) bond motifs is 1. The molecular formula is C31H31N3O4S. The second-order valence-corrected chi connectivity index (χ2v) is 10.1. The van der Waals surface area contributed by atoms with Crippen molar-refractivity contribution in [2.24, 2.45) is 5.73 Å². The van der Waals surface area contributed by atoms with E-state index in [1.54, 1.807) is 21.3 Å². The standard InChI is InChI=1S/C31H31N3O4S/c1-18-11-23(16-28(37-3)30(18)38-4)29-24(17-39-34-29)22-9-10-27(36-2)26(15-22)33-31(35)25(32)14-19-12-20-7-5-6-8-21(20)13-19/h5-12,15-17,25H,13-14,32H2,1-4H3,(H,33,35)/t25-/m0/s1. The zero-order valence-electron chi connectivity index (χ0n) is 22.4. The largest absolute Gasteiger partial charge is 0.495 e. The van der Waals surface area contributed by atoms with Crippen LogP contribution in [-0.2, 0) is 11.2 Å². The van der Waals surface area contributed by atoms with Gasteiger partial charge < -0.3 is 25.3 Å². The number of nitrogens with two attached hydrogens (primary N) is 1. The van der Waals surface area contributed by atoms with Gasteiger partial charge in [0.25, 0.3) is 0 Å². The molecule has 0 radical (unpaired) electrons. The third-order valence-corrected chi connectivity index (χ3v) is 7.56. The molecule has 0 spiro atoms. The number of aromatic nitrogens is 1. The molecule has 1 aliphatic rings. The van der Waals surface area contributed by atoms with Crippen molar-refractivity contribution in [1.29, 1.82) is 0 Å². The Kier molecular flexibility index (Phi) is 7.67. The van der Waals surface area contributed by atoms with E-state index in [1.807, 2.05) is 54.8 Å². The predicted octanol–water partition coefficient (Wildman–Crippen LogP) is 6.11. The van der Waals surface area contributed by atoms with Crippen LogP contribution in [0.15, 0.2) is 65.6 Å². The Balaban J connectivity index is 1.39. The zero-order valence-corrected chi connectivity index (χ0v) is 23.2. The molecule has 5 rings (SSSR count). The molecule has 0 unspecified atom stereocenters. The molecule has 1 heterocycles. The molecule has 7 nitrogen and oxygen atoms in total. The van der Waals surface area contributed by atoms with Gasteiger partial charge in [0, 0.05) is 16.5 Å². The van der Waals surface area contributed by atoms with Crippen molar-refractivity contribution in [1.82, 2.24) is 4.37 Å². The molecule has 0 fully saturated rings. The lowest BCUT2D eigenvalue weighted by atomic mass is 9.99. The van der Waals surface area contributed by atoms with Crippen LogP contribution < -0.4 is 25.3 Å². The molecule has 4 aromatic rings. The topological polar surface area (TPSA) is 95.7 Å². The summed E-state index contributed by atoms with van der Waals surface area (Å²) in [4.78, 5) is 13.1. The van der Waals surface area contributed by atoms with Crippen molar-refractivity contribution in [2.75, 3.05) is 26.6 Å². The Hall–Kier alpha value is -4.14. The molecule has 39 heavy (non-hydrogen) atoms. The van der Waals surface area contributed by atoms with Gasteiger partial charge >= 0.3 is 0 Å². The number of aryl methyl sites for hydroxylation is 1. The summed E-state index contributed by atoms with van der Waals surface area (Å²) < 4.78 is 21.3. The van der Waals surface area contributed by atoms with E-state index in [9.17, 15) is 4.79 Å². The lowest BCUT2D eigenvalue weighted by Gasteiger charge is -2.16. The summed E-state index contributed by atoms with van der Waals surface area (Å²) in [6.45, 7) is 1.97. The molecule has 1 aliphatic carbocycles. The molecule has 1 amide bonds. The Morgan fingerprint density at radius 3 is 2.56 bits per heavy atom. The average Bonchev–Trinajstić information content (AvgIpc) is 3.59. The first-order chi connectivity index (χ1) is 18.9. The number of ether oxygens (including phenoxy) is 3. The number of nitrogens with one attached hydrogen (secondary N) is 1. The monoisotopic (exact) mass is 541 g/mol. The molecule has 3 N–H and O–H groups in total. The molecule has 1 atom stereocenters. The molecule has 0 saturated carbocycles. The quantitative estimate of drug-likeness (QED) is 0.266. The maximum absolute atomic E-state index is 13.1. The van der Waals surface area contributed by atoms with Crippen LogP contribution in [0.4, 0.5) is 5.69 Å². The smallest absolute Gasteiger partial charge is 0.241 e. The molecule has 1 aromatic heterocycles. The average molecular weight is 542 g/mol. The SMILES string of the molecule is COc1ccc(-c2csnc2-c2cc(C)c(OC)c(OC)c2)cc1NC(=O)[C@@H](N)CC1=Cc2ccccc2C1. The van der Waals surface area contributed by atoms with Gasteiger partial charge in [0.05, 0.1) is 38.8 Å². The molecule has 0 bridgehead atoms. The van der Waals surface area contributed by atoms with Crippen molar-refractivity contribution in [2.45, 2.75) is 25.8 Å². The fourth-order valence-corrected chi connectivity index (χ4v) is 5.71. The van der Waals surface area contributed by atoms with Crippen LogP contribution in [0.1, 0.15) is 23.1 Å². The summed E-state index contributed by atoms with van der Waals surface area (Å²) in [6.07, 6.45) is 3.43. The van der Waals surface area contributed by atoms with Crippen LogP contribution in [0.3, 0.4) is 0 Å². The van der Waals surface area contributed by atoms with E-state index in [4.69, 9.17) is 19.9 Å². The number of nitrogens with zero attached hydrogens (tertiary/aromatic N) is 1. The highest BCUT2D eigenvalue weighted by molar-refractivity contribution is 7.04. The highest BCUT2D eigenvalue weighted by atomic mass is 32.1. The van der Waals surface area contributed by atoms with E-state index >= 15 is 0 Å². The van der Waals surface area contributed by atoms with Gasteiger partial charge in [-0.2, -0.15) is 4.37 Å². The van der Waals surface area contributed by atoms with Gasteiger partial charge in [0.1, 0.15) is 5.75 Å². The second-order valence-electron chi connectivity index (χ2n) is 9.50. The van der Waals surface area contributed by atoms with Gasteiger partial charge in [-0.15, -0.1) is 0 Å². The van der Waals surface area contributed by atoms with E-state index < -0.39 is 6.04 Å². The Morgan fingerprint density at radius 2 is 1.82 bits per heavy atom. The van der Waals surface area contributed by atoms with Crippen LogP contribution in [0.2, 0.25) is 0 Å². The van der Waals surface area contributed by atoms with Gasteiger partial charge in [-0.1, -0.05) is 42.0 Å². The minimum atomic E-state index is -0.688. The molecule has 8 heteroatoms. The fourth-order valence-electron chi connectivity index (χ4n) is 5.00. The van der Waals surface area contributed by atoms with Crippen LogP contribution in [0.5, 0.6) is 17.2 Å². The summed E-state index contributed by atoms with van der Waals surface area (Å²) >= 11 is 1.37. The van der Waals surface area contributed by atoms with Crippen LogP contribution in [0.25, 0.3) is 28.5 Å². The highest BCUT2D eigenvalue weighted by Gasteiger charge is 2.22. The number of carbonyl (C=O) groups excluding carboxylic acids is 1. The maximum atomic E-state index is 13.1. The molecule has 0 aliphatic heterocycles. The zero-order chi connectivity index (χ0) is 27.5. The van der Waals surface area contributed by atoms with Crippen molar-refractivity contribution >= 4 is 29.2 Å². The van der Waals surface area contributed by atoms with Gasteiger partial charge in [-0.25, -0.2) is 0 Å². The van der Waals surface area contributed by atoms with Crippen molar-refractivity contribution < 1.29 is 19.0 Å². The van der Waals surface area contributed by atoms with E-state index in [1.165, 1.54) is 22.7 Å².